The topological polar surface area (TPSA) is 129 Å². The minimum Gasteiger partial charge on any atom is -0.505 e. The fraction of sp³-hybridized carbons (Fsp3) is 0.500. The minimum absolute atomic E-state index is 0.0309. The lowest BCUT2D eigenvalue weighted by Crippen LogP contribution is -2.21. The minimum atomic E-state index is -3.01. The molecule has 126 valence electrons. The molecule has 1 fully saturated rings. The summed E-state index contributed by atoms with van der Waals surface area (Å²) in [7, 11) is -3.01. The van der Waals surface area contributed by atoms with Gasteiger partial charge in [0, 0.05) is 23.7 Å². The molecule has 1 aliphatic rings. The summed E-state index contributed by atoms with van der Waals surface area (Å²) in [5.41, 5.74) is 3.35. The number of aliphatic hydroxyl groups excluding tert-OH is 1. The van der Waals surface area contributed by atoms with Gasteiger partial charge in [0.05, 0.1) is 30.0 Å². The van der Waals surface area contributed by atoms with Crippen molar-refractivity contribution in [2.75, 3.05) is 11.5 Å². The van der Waals surface area contributed by atoms with Crippen LogP contribution in [0.5, 0.6) is 5.75 Å². The molecule has 0 aliphatic carbocycles. The number of aryl methyl sites for hydroxylation is 1. The molecule has 1 aromatic rings. The first-order valence-corrected chi connectivity index (χ1v) is 8.95. The SMILES string of the molecule is Cc1ncc(CO)c(/C=N/NC(=O)C[C@H]2CCS(=O)(=O)C2)c1O. The van der Waals surface area contributed by atoms with Crippen LogP contribution in [0.3, 0.4) is 0 Å². The number of nitrogens with zero attached hydrogens (tertiary/aromatic N) is 2. The Morgan fingerprint density at radius 2 is 2.30 bits per heavy atom. The average Bonchev–Trinajstić information content (AvgIpc) is 2.82. The zero-order chi connectivity index (χ0) is 17.0. The highest BCUT2D eigenvalue weighted by Gasteiger charge is 2.29. The maximum absolute atomic E-state index is 11.8. The van der Waals surface area contributed by atoms with Gasteiger partial charge in [0.1, 0.15) is 5.75 Å². The van der Waals surface area contributed by atoms with Gasteiger partial charge >= 0.3 is 0 Å². The van der Waals surface area contributed by atoms with Gasteiger partial charge in [-0.3, -0.25) is 9.78 Å². The summed E-state index contributed by atoms with van der Waals surface area (Å²) >= 11 is 0. The van der Waals surface area contributed by atoms with Crippen LogP contribution < -0.4 is 5.43 Å². The maximum Gasteiger partial charge on any atom is 0.240 e. The van der Waals surface area contributed by atoms with Crippen molar-refractivity contribution in [2.45, 2.75) is 26.4 Å². The Bertz CT molecular complexity index is 730. The molecule has 0 bridgehead atoms. The highest BCUT2D eigenvalue weighted by atomic mass is 32.2. The Morgan fingerprint density at radius 1 is 1.57 bits per heavy atom. The summed E-state index contributed by atoms with van der Waals surface area (Å²) in [6.07, 6.45) is 3.23. The van der Waals surface area contributed by atoms with Crippen LogP contribution in [0.4, 0.5) is 0 Å². The summed E-state index contributed by atoms with van der Waals surface area (Å²) in [5, 5.41) is 22.9. The van der Waals surface area contributed by atoms with Crippen molar-refractivity contribution in [3.8, 4) is 5.75 Å². The van der Waals surface area contributed by atoms with Crippen molar-refractivity contribution in [1.29, 1.82) is 0 Å². The van der Waals surface area contributed by atoms with E-state index in [1.807, 2.05) is 0 Å². The van der Waals surface area contributed by atoms with E-state index in [4.69, 9.17) is 0 Å². The number of nitrogens with one attached hydrogen (secondary N) is 1. The number of hydrogen-bond acceptors (Lipinski definition) is 7. The van der Waals surface area contributed by atoms with Gasteiger partial charge in [0.15, 0.2) is 9.84 Å². The first-order valence-electron chi connectivity index (χ1n) is 7.13. The van der Waals surface area contributed by atoms with Gasteiger partial charge in [-0.1, -0.05) is 0 Å². The third kappa shape index (κ3) is 4.49. The molecule has 1 atom stereocenters. The Hall–Kier alpha value is -2.00. The molecule has 2 heterocycles. The maximum atomic E-state index is 11.8. The molecule has 1 amide bonds. The van der Waals surface area contributed by atoms with Crippen LogP contribution in [0.2, 0.25) is 0 Å². The summed E-state index contributed by atoms with van der Waals surface area (Å²) in [5.74, 6) is -0.531. The van der Waals surface area contributed by atoms with Gasteiger partial charge in [0.2, 0.25) is 5.91 Å². The van der Waals surface area contributed by atoms with Crippen LogP contribution in [0.1, 0.15) is 29.7 Å². The van der Waals surface area contributed by atoms with E-state index in [9.17, 15) is 23.4 Å². The van der Waals surface area contributed by atoms with E-state index < -0.39 is 9.84 Å². The number of carbonyl (C=O) groups excluding carboxylic acids is 1. The average molecular weight is 341 g/mol. The second kappa shape index (κ2) is 7.05. The fourth-order valence-electron chi connectivity index (χ4n) is 2.43. The molecule has 0 unspecified atom stereocenters. The monoisotopic (exact) mass is 341 g/mol. The largest absolute Gasteiger partial charge is 0.505 e. The van der Waals surface area contributed by atoms with Crippen molar-refractivity contribution in [3.05, 3.63) is 23.0 Å². The molecular formula is C14H19N3O5S. The Morgan fingerprint density at radius 3 is 2.91 bits per heavy atom. The van der Waals surface area contributed by atoms with E-state index in [1.165, 1.54) is 12.4 Å². The van der Waals surface area contributed by atoms with Gasteiger partial charge < -0.3 is 10.2 Å². The number of aromatic nitrogens is 1. The first-order chi connectivity index (χ1) is 10.8. The molecule has 3 N–H and O–H groups in total. The molecular weight excluding hydrogens is 322 g/mol. The number of hydrogen-bond donors (Lipinski definition) is 3. The molecule has 1 aliphatic heterocycles. The molecule has 0 aromatic carbocycles. The van der Waals surface area contributed by atoms with Crippen LogP contribution in [-0.4, -0.2) is 47.2 Å². The summed E-state index contributed by atoms with van der Waals surface area (Å²) in [4.78, 5) is 15.7. The molecule has 9 heteroatoms. The number of aromatic hydroxyl groups is 1. The molecule has 8 nitrogen and oxygen atoms in total. The zero-order valence-electron chi connectivity index (χ0n) is 12.7. The smallest absolute Gasteiger partial charge is 0.240 e. The molecule has 1 saturated heterocycles. The van der Waals surface area contributed by atoms with Crippen LogP contribution in [-0.2, 0) is 21.2 Å². The molecule has 0 spiro atoms. The summed E-state index contributed by atoms with van der Waals surface area (Å²) in [6.45, 7) is 1.28. The highest BCUT2D eigenvalue weighted by molar-refractivity contribution is 7.91. The van der Waals surface area contributed by atoms with E-state index in [1.54, 1.807) is 6.92 Å². The predicted molar refractivity (Wildman–Crippen MR) is 83.7 cm³/mol. The van der Waals surface area contributed by atoms with Crippen LogP contribution in [0.25, 0.3) is 0 Å². The van der Waals surface area contributed by atoms with E-state index in [-0.39, 0.29) is 47.7 Å². The molecule has 1 aromatic heterocycles. The standard InChI is InChI=1S/C14H19N3O5S/c1-9-14(20)12(11(7-18)5-15-9)6-16-17-13(19)4-10-2-3-23(21,22)8-10/h5-6,10,18,20H,2-4,7-8H2,1H3,(H,17,19)/b16-6+/t10-/m1/s1. The van der Waals surface area contributed by atoms with Gasteiger partial charge in [-0.05, 0) is 19.3 Å². The lowest BCUT2D eigenvalue weighted by molar-refractivity contribution is -0.121. The zero-order valence-corrected chi connectivity index (χ0v) is 13.5. The van der Waals surface area contributed by atoms with Gasteiger partial charge in [-0.15, -0.1) is 0 Å². The third-order valence-corrected chi connectivity index (χ3v) is 5.55. The van der Waals surface area contributed by atoms with Crippen LogP contribution >= 0.6 is 0 Å². The number of carbonyl (C=O) groups is 1. The van der Waals surface area contributed by atoms with Crippen molar-refractivity contribution >= 4 is 22.0 Å². The van der Waals surface area contributed by atoms with Crippen LogP contribution in [0.15, 0.2) is 11.3 Å². The molecule has 2 rings (SSSR count). The molecule has 0 saturated carbocycles. The molecule has 23 heavy (non-hydrogen) atoms. The Labute approximate surface area is 134 Å². The first kappa shape index (κ1) is 17.4. The van der Waals surface area contributed by atoms with Gasteiger partial charge in [-0.2, -0.15) is 5.10 Å². The number of aliphatic hydroxyl groups is 1. The number of amides is 1. The van der Waals surface area contributed by atoms with Gasteiger partial charge in [0.25, 0.3) is 0 Å². The van der Waals surface area contributed by atoms with Gasteiger partial charge in [-0.25, -0.2) is 13.8 Å². The quantitative estimate of drug-likeness (QED) is 0.505. The predicted octanol–water partition coefficient (Wildman–Crippen LogP) is -0.137. The van der Waals surface area contributed by atoms with Crippen molar-refractivity contribution in [2.24, 2.45) is 11.0 Å². The van der Waals surface area contributed by atoms with Crippen molar-refractivity contribution in [3.63, 3.8) is 0 Å². The van der Waals surface area contributed by atoms with Crippen LogP contribution in [0, 0.1) is 12.8 Å². The number of sulfone groups is 1. The number of hydrazone groups is 1. The normalized spacial score (nSPS) is 20.0. The van der Waals surface area contributed by atoms with E-state index in [2.05, 4.69) is 15.5 Å². The lowest BCUT2D eigenvalue weighted by atomic mass is 10.1. The van der Waals surface area contributed by atoms with Crippen molar-refractivity contribution in [1.82, 2.24) is 10.4 Å². The Kier molecular flexibility index (Phi) is 5.32. The van der Waals surface area contributed by atoms with E-state index >= 15 is 0 Å². The number of pyridine rings is 1. The van der Waals surface area contributed by atoms with E-state index in [0.29, 0.717) is 17.7 Å². The highest BCUT2D eigenvalue weighted by Crippen LogP contribution is 2.22. The van der Waals surface area contributed by atoms with Crippen molar-refractivity contribution < 1.29 is 23.4 Å². The third-order valence-electron chi connectivity index (χ3n) is 3.71. The summed E-state index contributed by atoms with van der Waals surface area (Å²) < 4.78 is 22.7. The van der Waals surface area contributed by atoms with E-state index in [0.717, 1.165) is 0 Å². The summed E-state index contributed by atoms with van der Waals surface area (Å²) in [6, 6.07) is 0. The Balaban J connectivity index is 1.97. The fourth-order valence-corrected chi connectivity index (χ4v) is 4.29. The second-order valence-electron chi connectivity index (χ2n) is 5.56. The number of rotatable bonds is 5. The second-order valence-corrected chi connectivity index (χ2v) is 7.78. The molecule has 0 radical (unpaired) electrons. The lowest BCUT2D eigenvalue weighted by Gasteiger charge is -2.08.